The molecule has 0 spiro atoms. The van der Waals surface area contributed by atoms with Crippen LogP contribution in [0.3, 0.4) is 0 Å². The lowest BCUT2D eigenvalue weighted by molar-refractivity contribution is -0.174. The first-order valence-electron chi connectivity index (χ1n) is 11.9. The van der Waals surface area contributed by atoms with E-state index in [0.29, 0.717) is 21.2 Å². The quantitative estimate of drug-likeness (QED) is 0.320. The third-order valence-corrected chi connectivity index (χ3v) is 7.41. The normalized spacial score (nSPS) is 22.8. The first kappa shape index (κ1) is 27.9. The SMILES string of the molecule is C[C@]1(CC(=O)O)C[C@H](c2cccc(Cl)c2)[C@@H](c2ccc(Cl)cc2)N([C@H](CC(F)(F)F)c2ccccn2)C1=O. The Balaban J connectivity index is 1.99. The predicted molar refractivity (Wildman–Crippen MR) is 138 cm³/mol. The summed E-state index contributed by atoms with van der Waals surface area (Å²) in [7, 11) is 0. The van der Waals surface area contributed by atoms with E-state index >= 15 is 0 Å². The fraction of sp³-hybridized carbons (Fsp3) is 0.321. The number of amides is 1. The lowest BCUT2D eigenvalue weighted by Crippen LogP contribution is -2.54. The Morgan fingerprint density at radius 1 is 1.08 bits per heavy atom. The summed E-state index contributed by atoms with van der Waals surface area (Å²) in [6, 6.07) is 15.6. The molecule has 0 bridgehead atoms. The van der Waals surface area contributed by atoms with Crippen LogP contribution < -0.4 is 0 Å². The van der Waals surface area contributed by atoms with Crippen LogP contribution in [0.2, 0.25) is 10.0 Å². The highest BCUT2D eigenvalue weighted by Gasteiger charge is 2.54. The van der Waals surface area contributed by atoms with Gasteiger partial charge in [-0.1, -0.05) is 60.5 Å². The van der Waals surface area contributed by atoms with Crippen molar-refractivity contribution in [2.24, 2.45) is 5.41 Å². The lowest BCUT2D eigenvalue weighted by Gasteiger charge is -2.51. The first-order valence-corrected chi connectivity index (χ1v) is 12.7. The van der Waals surface area contributed by atoms with E-state index < -0.39 is 54.3 Å². The maximum absolute atomic E-state index is 14.2. The molecule has 0 radical (unpaired) electrons. The molecular weight excluding hydrogens is 540 g/mol. The number of rotatable bonds is 7. The molecule has 1 aromatic heterocycles. The van der Waals surface area contributed by atoms with E-state index in [0.717, 1.165) is 0 Å². The van der Waals surface area contributed by atoms with Crippen molar-refractivity contribution in [3.63, 3.8) is 0 Å². The standard InChI is InChI=1S/C28H25Cl2F3N2O3/c1-27(16-24(36)37)14-21(18-5-4-6-20(30)13-18)25(17-8-10-19(29)11-9-17)35(26(27)38)23(15-28(31,32)33)22-7-2-3-12-34-22/h2-13,21,23,25H,14-16H2,1H3,(H,36,37)/t21-,23-,25-,27-/m1/s1. The second-order valence-corrected chi connectivity index (χ2v) is 10.7. The molecule has 3 aromatic rings. The number of halogens is 5. The number of carbonyl (C=O) groups excluding carboxylic acids is 1. The Morgan fingerprint density at radius 2 is 1.79 bits per heavy atom. The van der Waals surface area contributed by atoms with Gasteiger partial charge < -0.3 is 10.0 Å². The second-order valence-electron chi connectivity index (χ2n) is 9.80. The van der Waals surface area contributed by atoms with E-state index in [2.05, 4.69) is 4.98 Å². The number of benzene rings is 2. The minimum atomic E-state index is -4.64. The zero-order valence-electron chi connectivity index (χ0n) is 20.3. The number of alkyl halides is 3. The third-order valence-electron chi connectivity index (χ3n) is 6.92. The maximum Gasteiger partial charge on any atom is 0.391 e. The van der Waals surface area contributed by atoms with Gasteiger partial charge in [0, 0.05) is 22.2 Å². The summed E-state index contributed by atoms with van der Waals surface area (Å²) >= 11 is 12.4. The molecule has 200 valence electrons. The van der Waals surface area contributed by atoms with Crippen LogP contribution in [0.5, 0.6) is 0 Å². The van der Waals surface area contributed by atoms with Gasteiger partial charge in [0.15, 0.2) is 0 Å². The number of nitrogens with zero attached hydrogens (tertiary/aromatic N) is 2. The Labute approximate surface area is 228 Å². The average molecular weight is 565 g/mol. The molecule has 2 heterocycles. The maximum atomic E-state index is 14.2. The molecule has 1 fully saturated rings. The summed E-state index contributed by atoms with van der Waals surface area (Å²) < 4.78 is 42.1. The molecule has 4 rings (SSSR count). The Bertz CT molecular complexity index is 1300. The number of hydrogen-bond donors (Lipinski definition) is 1. The van der Waals surface area contributed by atoms with Crippen molar-refractivity contribution < 1.29 is 27.9 Å². The molecular formula is C28H25Cl2F3N2O3. The van der Waals surface area contributed by atoms with Crippen molar-refractivity contribution in [3.05, 3.63) is 99.8 Å². The van der Waals surface area contributed by atoms with Crippen LogP contribution in [0.4, 0.5) is 13.2 Å². The molecule has 1 aliphatic heterocycles. The highest BCUT2D eigenvalue weighted by molar-refractivity contribution is 6.30. The number of aliphatic carboxylic acids is 1. The fourth-order valence-electron chi connectivity index (χ4n) is 5.36. The van der Waals surface area contributed by atoms with Crippen molar-refractivity contribution >= 4 is 35.1 Å². The number of carbonyl (C=O) groups is 2. The van der Waals surface area contributed by atoms with Crippen molar-refractivity contribution in [1.82, 2.24) is 9.88 Å². The molecule has 10 heteroatoms. The van der Waals surface area contributed by atoms with Gasteiger partial charge in [0.2, 0.25) is 5.91 Å². The van der Waals surface area contributed by atoms with Gasteiger partial charge in [0.05, 0.1) is 36.0 Å². The lowest BCUT2D eigenvalue weighted by atomic mass is 9.67. The Morgan fingerprint density at radius 3 is 2.37 bits per heavy atom. The van der Waals surface area contributed by atoms with Crippen molar-refractivity contribution in [3.8, 4) is 0 Å². The molecule has 2 aromatic carbocycles. The third kappa shape index (κ3) is 6.13. The molecule has 0 saturated carbocycles. The number of carboxylic acids is 1. The van der Waals surface area contributed by atoms with Crippen molar-refractivity contribution in [1.29, 1.82) is 0 Å². The van der Waals surface area contributed by atoms with E-state index in [1.54, 1.807) is 60.7 Å². The zero-order chi connectivity index (χ0) is 27.7. The largest absolute Gasteiger partial charge is 0.481 e. The van der Waals surface area contributed by atoms with Gasteiger partial charge in [-0.05, 0) is 53.9 Å². The predicted octanol–water partition coefficient (Wildman–Crippen LogP) is 7.62. The van der Waals surface area contributed by atoms with Crippen molar-refractivity contribution in [2.75, 3.05) is 0 Å². The van der Waals surface area contributed by atoms with Crippen LogP contribution in [0.15, 0.2) is 72.9 Å². The van der Waals surface area contributed by atoms with Crippen LogP contribution in [0.1, 0.15) is 61.0 Å². The summed E-state index contributed by atoms with van der Waals surface area (Å²) in [5.41, 5.74) is -0.187. The summed E-state index contributed by atoms with van der Waals surface area (Å²) in [5, 5.41) is 10.5. The van der Waals surface area contributed by atoms with Gasteiger partial charge in [-0.15, -0.1) is 0 Å². The number of aromatic nitrogens is 1. The molecule has 5 nitrogen and oxygen atoms in total. The Hall–Kier alpha value is -3.10. The van der Waals surface area contributed by atoms with Crippen LogP contribution in [-0.4, -0.2) is 33.0 Å². The number of hydrogen-bond acceptors (Lipinski definition) is 3. The van der Waals surface area contributed by atoms with E-state index in [-0.39, 0.29) is 12.1 Å². The van der Waals surface area contributed by atoms with Gasteiger partial charge in [0.25, 0.3) is 0 Å². The molecule has 38 heavy (non-hydrogen) atoms. The topological polar surface area (TPSA) is 70.5 Å². The summed E-state index contributed by atoms with van der Waals surface area (Å²) in [6.45, 7) is 1.50. The number of likely N-dealkylation sites (tertiary alicyclic amines) is 1. The smallest absolute Gasteiger partial charge is 0.391 e. The molecule has 1 saturated heterocycles. The van der Waals surface area contributed by atoms with E-state index in [1.165, 1.54) is 24.1 Å². The molecule has 0 aliphatic carbocycles. The van der Waals surface area contributed by atoms with Gasteiger partial charge in [0.1, 0.15) is 0 Å². The first-order chi connectivity index (χ1) is 17.9. The zero-order valence-corrected chi connectivity index (χ0v) is 21.8. The van der Waals surface area contributed by atoms with E-state index in [9.17, 15) is 27.9 Å². The van der Waals surface area contributed by atoms with Crippen LogP contribution in [0, 0.1) is 5.41 Å². The van der Waals surface area contributed by atoms with E-state index in [1.807, 2.05) is 0 Å². The summed E-state index contributed by atoms with van der Waals surface area (Å²) in [5.74, 6) is -2.48. The van der Waals surface area contributed by atoms with Crippen LogP contribution in [-0.2, 0) is 9.59 Å². The molecule has 1 amide bonds. The van der Waals surface area contributed by atoms with Gasteiger partial charge in [-0.2, -0.15) is 13.2 Å². The van der Waals surface area contributed by atoms with Gasteiger partial charge in [-0.3, -0.25) is 14.6 Å². The monoisotopic (exact) mass is 564 g/mol. The molecule has 1 N–H and O–H groups in total. The molecule has 0 unspecified atom stereocenters. The number of piperidine rings is 1. The van der Waals surface area contributed by atoms with Gasteiger partial charge in [-0.25, -0.2) is 0 Å². The van der Waals surface area contributed by atoms with Gasteiger partial charge >= 0.3 is 12.1 Å². The highest BCUT2D eigenvalue weighted by Crippen LogP contribution is 2.54. The highest BCUT2D eigenvalue weighted by atomic mass is 35.5. The second kappa shape index (κ2) is 10.9. The molecule has 1 aliphatic rings. The molecule has 4 atom stereocenters. The summed E-state index contributed by atoms with van der Waals surface area (Å²) in [6.07, 6.45) is -5.09. The fourth-order valence-corrected chi connectivity index (χ4v) is 5.69. The summed E-state index contributed by atoms with van der Waals surface area (Å²) in [4.78, 5) is 31.4. The minimum absolute atomic E-state index is 0.0570. The van der Waals surface area contributed by atoms with Crippen LogP contribution >= 0.6 is 23.2 Å². The average Bonchev–Trinajstić information content (AvgIpc) is 2.84. The van der Waals surface area contributed by atoms with Crippen molar-refractivity contribution in [2.45, 2.75) is 50.4 Å². The van der Waals surface area contributed by atoms with Crippen LogP contribution in [0.25, 0.3) is 0 Å². The minimum Gasteiger partial charge on any atom is -0.481 e. The number of pyridine rings is 1. The Kier molecular flexibility index (Phi) is 8.04. The van der Waals surface area contributed by atoms with E-state index in [4.69, 9.17) is 23.2 Å². The number of carboxylic acid groups (broad SMARTS) is 1.